The van der Waals surface area contributed by atoms with Gasteiger partial charge >= 0.3 is 0 Å². The first-order chi connectivity index (χ1) is 8.74. The fourth-order valence-corrected chi connectivity index (χ4v) is 2.53. The number of rotatable bonds is 4. The minimum absolute atomic E-state index is 0.117. The van der Waals surface area contributed by atoms with Crippen LogP contribution >= 0.6 is 0 Å². The van der Waals surface area contributed by atoms with Gasteiger partial charge < -0.3 is 5.32 Å². The molecule has 0 saturated heterocycles. The Morgan fingerprint density at radius 1 is 1.17 bits per heavy atom. The number of benzene rings is 1. The van der Waals surface area contributed by atoms with Crippen LogP contribution in [-0.2, 0) is 11.3 Å². The van der Waals surface area contributed by atoms with E-state index in [9.17, 15) is 9.18 Å². The van der Waals surface area contributed by atoms with Crippen LogP contribution < -0.4 is 5.32 Å². The SMILES string of the molecule is O=C(CC1CCCCC1)NCc1ccc(F)cc1. The molecule has 98 valence electrons. The maximum Gasteiger partial charge on any atom is 0.220 e. The van der Waals surface area contributed by atoms with E-state index in [2.05, 4.69) is 5.32 Å². The Morgan fingerprint density at radius 3 is 2.50 bits per heavy atom. The Hall–Kier alpha value is -1.38. The summed E-state index contributed by atoms with van der Waals surface area (Å²) in [6, 6.07) is 6.25. The van der Waals surface area contributed by atoms with E-state index in [0.29, 0.717) is 18.9 Å². The fraction of sp³-hybridized carbons (Fsp3) is 0.533. The van der Waals surface area contributed by atoms with Gasteiger partial charge in [-0.05, 0) is 36.5 Å². The van der Waals surface area contributed by atoms with E-state index in [1.54, 1.807) is 12.1 Å². The fourth-order valence-electron chi connectivity index (χ4n) is 2.53. The second-order valence-corrected chi connectivity index (χ2v) is 5.11. The topological polar surface area (TPSA) is 29.1 Å². The monoisotopic (exact) mass is 249 g/mol. The smallest absolute Gasteiger partial charge is 0.220 e. The summed E-state index contributed by atoms with van der Waals surface area (Å²) in [6.07, 6.45) is 6.84. The molecule has 0 aliphatic heterocycles. The molecule has 1 saturated carbocycles. The zero-order valence-electron chi connectivity index (χ0n) is 10.6. The standard InChI is InChI=1S/C15H20FNO/c16-14-8-6-13(7-9-14)11-17-15(18)10-12-4-2-1-3-5-12/h6-9,12H,1-5,10-11H2,(H,17,18). The van der Waals surface area contributed by atoms with Crippen molar-refractivity contribution in [2.45, 2.75) is 45.1 Å². The van der Waals surface area contributed by atoms with Crippen molar-refractivity contribution in [2.75, 3.05) is 0 Å². The number of hydrogen-bond donors (Lipinski definition) is 1. The zero-order valence-corrected chi connectivity index (χ0v) is 10.6. The van der Waals surface area contributed by atoms with Gasteiger partial charge in [0.1, 0.15) is 5.82 Å². The predicted octanol–water partition coefficient (Wildman–Crippen LogP) is 3.41. The third-order valence-corrected chi connectivity index (χ3v) is 3.60. The van der Waals surface area contributed by atoms with E-state index in [1.165, 1.54) is 44.2 Å². The summed E-state index contributed by atoms with van der Waals surface area (Å²) in [7, 11) is 0. The van der Waals surface area contributed by atoms with E-state index >= 15 is 0 Å². The molecule has 0 radical (unpaired) electrons. The lowest BCUT2D eigenvalue weighted by Gasteiger charge is -2.20. The summed E-state index contributed by atoms with van der Waals surface area (Å²) in [5.41, 5.74) is 0.938. The molecule has 1 aromatic carbocycles. The molecule has 2 nitrogen and oxygen atoms in total. The molecule has 1 N–H and O–H groups in total. The van der Waals surface area contributed by atoms with Crippen molar-refractivity contribution in [3.05, 3.63) is 35.6 Å². The average molecular weight is 249 g/mol. The Labute approximate surface area is 108 Å². The number of amides is 1. The highest BCUT2D eigenvalue weighted by Gasteiger charge is 2.16. The first-order valence-corrected chi connectivity index (χ1v) is 6.75. The third-order valence-electron chi connectivity index (χ3n) is 3.60. The zero-order chi connectivity index (χ0) is 12.8. The van der Waals surface area contributed by atoms with Gasteiger partial charge in [-0.25, -0.2) is 4.39 Å². The van der Waals surface area contributed by atoms with Gasteiger partial charge in [0.15, 0.2) is 0 Å². The van der Waals surface area contributed by atoms with Crippen molar-refractivity contribution in [3.63, 3.8) is 0 Å². The highest BCUT2D eigenvalue weighted by Crippen LogP contribution is 2.26. The van der Waals surface area contributed by atoms with Gasteiger partial charge in [0, 0.05) is 13.0 Å². The molecular weight excluding hydrogens is 229 g/mol. The summed E-state index contributed by atoms with van der Waals surface area (Å²) in [6.45, 7) is 0.492. The molecule has 0 atom stereocenters. The van der Waals surface area contributed by atoms with E-state index in [4.69, 9.17) is 0 Å². The normalized spacial score (nSPS) is 16.5. The van der Waals surface area contributed by atoms with Crippen molar-refractivity contribution >= 4 is 5.91 Å². The van der Waals surface area contributed by atoms with E-state index in [-0.39, 0.29) is 11.7 Å². The van der Waals surface area contributed by atoms with Crippen molar-refractivity contribution in [3.8, 4) is 0 Å². The van der Waals surface area contributed by atoms with E-state index in [0.717, 1.165) is 5.56 Å². The molecule has 1 aliphatic rings. The van der Waals surface area contributed by atoms with Gasteiger partial charge in [0.05, 0.1) is 0 Å². The summed E-state index contributed by atoms with van der Waals surface area (Å²) < 4.78 is 12.7. The first kappa shape index (κ1) is 13.1. The molecule has 0 spiro atoms. The molecule has 1 fully saturated rings. The molecule has 0 unspecified atom stereocenters. The van der Waals surface area contributed by atoms with Gasteiger partial charge in [-0.1, -0.05) is 31.4 Å². The second-order valence-electron chi connectivity index (χ2n) is 5.11. The molecule has 18 heavy (non-hydrogen) atoms. The molecule has 2 rings (SSSR count). The Kier molecular flexibility index (Phi) is 4.73. The van der Waals surface area contributed by atoms with Gasteiger partial charge in [0.25, 0.3) is 0 Å². The largest absolute Gasteiger partial charge is 0.352 e. The van der Waals surface area contributed by atoms with Crippen molar-refractivity contribution < 1.29 is 9.18 Å². The van der Waals surface area contributed by atoms with Crippen LogP contribution in [-0.4, -0.2) is 5.91 Å². The van der Waals surface area contributed by atoms with Gasteiger partial charge in [-0.3, -0.25) is 4.79 Å². The molecular formula is C15H20FNO. The van der Waals surface area contributed by atoms with Crippen LogP contribution in [0.1, 0.15) is 44.1 Å². The van der Waals surface area contributed by atoms with Crippen LogP contribution in [0.3, 0.4) is 0 Å². The number of carbonyl (C=O) groups is 1. The second kappa shape index (κ2) is 6.53. The minimum Gasteiger partial charge on any atom is -0.352 e. The van der Waals surface area contributed by atoms with Crippen LogP contribution in [0.4, 0.5) is 4.39 Å². The number of hydrogen-bond acceptors (Lipinski definition) is 1. The quantitative estimate of drug-likeness (QED) is 0.870. The van der Waals surface area contributed by atoms with Crippen LogP contribution in [0.5, 0.6) is 0 Å². The van der Waals surface area contributed by atoms with Crippen LogP contribution in [0, 0.1) is 11.7 Å². The molecule has 3 heteroatoms. The minimum atomic E-state index is -0.243. The summed E-state index contributed by atoms with van der Waals surface area (Å²) in [5.74, 6) is 0.436. The highest BCUT2D eigenvalue weighted by molar-refractivity contribution is 5.76. The van der Waals surface area contributed by atoms with Gasteiger partial charge in [-0.15, -0.1) is 0 Å². The summed E-state index contributed by atoms with van der Waals surface area (Å²) >= 11 is 0. The van der Waals surface area contributed by atoms with Gasteiger partial charge in [0.2, 0.25) is 5.91 Å². The van der Waals surface area contributed by atoms with Gasteiger partial charge in [-0.2, -0.15) is 0 Å². The summed E-state index contributed by atoms with van der Waals surface area (Å²) in [4.78, 5) is 11.8. The Balaban J connectivity index is 1.72. The Bertz CT molecular complexity index is 382. The lowest BCUT2D eigenvalue weighted by Crippen LogP contribution is -2.25. The van der Waals surface area contributed by atoms with E-state index < -0.39 is 0 Å². The number of carbonyl (C=O) groups excluding carboxylic acids is 1. The molecule has 0 aromatic heterocycles. The molecule has 1 aliphatic carbocycles. The van der Waals surface area contributed by atoms with Crippen LogP contribution in [0.25, 0.3) is 0 Å². The molecule has 0 heterocycles. The maximum atomic E-state index is 12.7. The Morgan fingerprint density at radius 2 is 1.83 bits per heavy atom. The molecule has 1 aromatic rings. The third kappa shape index (κ3) is 4.13. The lowest BCUT2D eigenvalue weighted by molar-refractivity contribution is -0.122. The highest BCUT2D eigenvalue weighted by atomic mass is 19.1. The summed E-state index contributed by atoms with van der Waals surface area (Å²) in [5, 5.41) is 2.90. The first-order valence-electron chi connectivity index (χ1n) is 6.75. The van der Waals surface area contributed by atoms with Crippen LogP contribution in [0.15, 0.2) is 24.3 Å². The molecule has 1 amide bonds. The lowest BCUT2D eigenvalue weighted by atomic mass is 9.87. The predicted molar refractivity (Wildman–Crippen MR) is 69.4 cm³/mol. The van der Waals surface area contributed by atoms with Crippen molar-refractivity contribution in [1.29, 1.82) is 0 Å². The van der Waals surface area contributed by atoms with Crippen molar-refractivity contribution in [2.24, 2.45) is 5.92 Å². The number of nitrogens with one attached hydrogen (secondary N) is 1. The average Bonchev–Trinajstić information content (AvgIpc) is 2.39. The van der Waals surface area contributed by atoms with Crippen molar-refractivity contribution in [1.82, 2.24) is 5.32 Å². The van der Waals surface area contributed by atoms with E-state index in [1.807, 2.05) is 0 Å². The number of halogens is 1. The maximum absolute atomic E-state index is 12.7. The molecule has 0 bridgehead atoms. The van der Waals surface area contributed by atoms with Crippen LogP contribution in [0.2, 0.25) is 0 Å².